The number of nitrogens with zero attached hydrogens (tertiary/aromatic N) is 2. The third-order valence-electron chi connectivity index (χ3n) is 3.94. The molecule has 1 fully saturated rings. The van der Waals surface area contributed by atoms with Crippen LogP contribution in [0, 0.1) is 5.92 Å². The zero-order valence-corrected chi connectivity index (χ0v) is 15.3. The maximum absolute atomic E-state index is 12.2. The molecule has 1 aliphatic rings. The molecule has 0 aliphatic carbocycles. The second-order valence-electron chi connectivity index (χ2n) is 6.11. The lowest BCUT2D eigenvalue weighted by Gasteiger charge is -2.21. The molecule has 0 radical (unpaired) electrons. The molecule has 1 aliphatic heterocycles. The van der Waals surface area contributed by atoms with Crippen molar-refractivity contribution in [3.63, 3.8) is 0 Å². The van der Waals surface area contributed by atoms with Gasteiger partial charge in [0.1, 0.15) is 4.21 Å². The zero-order valence-electron chi connectivity index (χ0n) is 13.7. The summed E-state index contributed by atoms with van der Waals surface area (Å²) in [5.41, 5.74) is 0. The van der Waals surface area contributed by atoms with Gasteiger partial charge in [-0.2, -0.15) is 4.31 Å². The third kappa shape index (κ3) is 5.27. The standard InChI is InChI=1S/C15H25N3O3S2/c1-13(11-18-7-3-4-8-18)10-16-14(19)12-17(2)23(20,21)15-6-5-9-22-15/h5-6,9,13H,3-4,7-8,10-12H2,1-2H3,(H,16,19). The van der Waals surface area contributed by atoms with E-state index in [4.69, 9.17) is 0 Å². The Morgan fingerprint density at radius 3 is 2.74 bits per heavy atom. The molecule has 0 bridgehead atoms. The largest absolute Gasteiger partial charge is 0.355 e. The second-order valence-corrected chi connectivity index (χ2v) is 9.33. The van der Waals surface area contributed by atoms with E-state index in [1.807, 2.05) is 0 Å². The van der Waals surface area contributed by atoms with E-state index in [1.54, 1.807) is 17.5 Å². The summed E-state index contributed by atoms with van der Waals surface area (Å²) in [4.78, 5) is 14.4. The fraction of sp³-hybridized carbons (Fsp3) is 0.667. The number of carbonyl (C=O) groups is 1. The van der Waals surface area contributed by atoms with Gasteiger partial charge in [-0.15, -0.1) is 11.3 Å². The Labute approximate surface area is 142 Å². The van der Waals surface area contributed by atoms with E-state index >= 15 is 0 Å². The predicted molar refractivity (Wildman–Crippen MR) is 92.0 cm³/mol. The van der Waals surface area contributed by atoms with E-state index in [0.29, 0.717) is 12.5 Å². The predicted octanol–water partition coefficient (Wildman–Crippen LogP) is 1.22. The van der Waals surface area contributed by atoms with Crippen molar-refractivity contribution in [3.8, 4) is 0 Å². The molecule has 1 N–H and O–H groups in total. The van der Waals surface area contributed by atoms with Crippen molar-refractivity contribution in [2.45, 2.75) is 24.0 Å². The Morgan fingerprint density at radius 2 is 2.13 bits per heavy atom. The minimum Gasteiger partial charge on any atom is -0.355 e. The zero-order chi connectivity index (χ0) is 16.9. The van der Waals surface area contributed by atoms with Crippen molar-refractivity contribution in [1.29, 1.82) is 0 Å². The highest BCUT2D eigenvalue weighted by molar-refractivity contribution is 7.91. The normalized spacial score (nSPS) is 17.5. The minimum atomic E-state index is -3.57. The molecule has 2 rings (SSSR count). The molecule has 6 nitrogen and oxygen atoms in total. The van der Waals surface area contributed by atoms with E-state index in [1.165, 1.54) is 19.9 Å². The molecule has 130 valence electrons. The average molecular weight is 360 g/mol. The Bertz CT molecular complexity index is 595. The molecular weight excluding hydrogens is 334 g/mol. The molecule has 1 saturated heterocycles. The van der Waals surface area contributed by atoms with E-state index in [2.05, 4.69) is 17.1 Å². The van der Waals surface area contributed by atoms with Crippen LogP contribution in [0.5, 0.6) is 0 Å². The van der Waals surface area contributed by atoms with Gasteiger partial charge >= 0.3 is 0 Å². The number of likely N-dealkylation sites (tertiary alicyclic amines) is 1. The number of likely N-dealkylation sites (N-methyl/N-ethyl adjacent to an activating group) is 1. The topological polar surface area (TPSA) is 69.7 Å². The van der Waals surface area contributed by atoms with Crippen molar-refractivity contribution >= 4 is 27.3 Å². The van der Waals surface area contributed by atoms with Crippen LogP contribution in [0.4, 0.5) is 0 Å². The van der Waals surface area contributed by atoms with Crippen LogP contribution in [0.1, 0.15) is 19.8 Å². The first-order valence-electron chi connectivity index (χ1n) is 7.88. The van der Waals surface area contributed by atoms with Gasteiger partial charge in [-0.1, -0.05) is 13.0 Å². The van der Waals surface area contributed by atoms with Crippen LogP contribution in [-0.2, 0) is 14.8 Å². The summed E-state index contributed by atoms with van der Waals surface area (Å²) < 4.78 is 25.8. The van der Waals surface area contributed by atoms with Gasteiger partial charge in [0.25, 0.3) is 10.0 Å². The van der Waals surface area contributed by atoms with Crippen molar-refractivity contribution in [2.24, 2.45) is 5.92 Å². The van der Waals surface area contributed by atoms with Gasteiger partial charge in [0.15, 0.2) is 0 Å². The Hall–Kier alpha value is -0.960. The van der Waals surface area contributed by atoms with Crippen LogP contribution in [0.15, 0.2) is 21.7 Å². The van der Waals surface area contributed by atoms with Crippen molar-refractivity contribution in [3.05, 3.63) is 17.5 Å². The average Bonchev–Trinajstić information content (AvgIpc) is 3.18. The lowest BCUT2D eigenvalue weighted by molar-refractivity contribution is -0.121. The van der Waals surface area contributed by atoms with Crippen LogP contribution in [0.2, 0.25) is 0 Å². The number of nitrogens with one attached hydrogen (secondary N) is 1. The summed E-state index contributed by atoms with van der Waals surface area (Å²) in [5.74, 6) is 0.0946. The van der Waals surface area contributed by atoms with Crippen molar-refractivity contribution in [2.75, 3.05) is 39.8 Å². The quantitative estimate of drug-likeness (QED) is 0.758. The number of hydrogen-bond acceptors (Lipinski definition) is 5. The van der Waals surface area contributed by atoms with E-state index in [0.717, 1.165) is 35.3 Å². The number of rotatable bonds is 8. The molecule has 1 aromatic heterocycles. The minimum absolute atomic E-state index is 0.156. The van der Waals surface area contributed by atoms with Crippen LogP contribution in [0.25, 0.3) is 0 Å². The van der Waals surface area contributed by atoms with Crippen molar-refractivity contribution < 1.29 is 13.2 Å². The number of sulfonamides is 1. The second kappa shape index (κ2) is 8.23. The van der Waals surface area contributed by atoms with Crippen LogP contribution in [0.3, 0.4) is 0 Å². The molecule has 0 saturated carbocycles. The van der Waals surface area contributed by atoms with E-state index < -0.39 is 10.0 Å². The Kier molecular flexibility index (Phi) is 6.58. The highest BCUT2D eigenvalue weighted by Crippen LogP contribution is 2.19. The molecule has 2 heterocycles. The number of hydrogen-bond donors (Lipinski definition) is 1. The smallest absolute Gasteiger partial charge is 0.252 e. The first-order valence-corrected chi connectivity index (χ1v) is 10.2. The highest BCUT2D eigenvalue weighted by Gasteiger charge is 2.24. The Morgan fingerprint density at radius 1 is 1.43 bits per heavy atom. The van der Waals surface area contributed by atoms with Gasteiger partial charge in [-0.3, -0.25) is 4.79 Å². The molecule has 1 amide bonds. The maximum atomic E-state index is 12.2. The van der Waals surface area contributed by atoms with Crippen molar-refractivity contribution in [1.82, 2.24) is 14.5 Å². The summed E-state index contributed by atoms with van der Waals surface area (Å²) in [5, 5.41) is 4.55. The van der Waals surface area contributed by atoms with E-state index in [-0.39, 0.29) is 16.7 Å². The van der Waals surface area contributed by atoms with Gasteiger partial charge in [0.05, 0.1) is 6.54 Å². The molecule has 0 spiro atoms. The van der Waals surface area contributed by atoms with Crippen LogP contribution in [-0.4, -0.2) is 63.3 Å². The Balaban J connectivity index is 1.75. The number of thiophene rings is 1. The van der Waals surface area contributed by atoms with Gasteiger partial charge in [0.2, 0.25) is 5.91 Å². The molecule has 1 atom stereocenters. The molecular formula is C15H25N3O3S2. The lowest BCUT2D eigenvalue weighted by atomic mass is 10.1. The first kappa shape index (κ1) is 18.4. The molecule has 8 heteroatoms. The lowest BCUT2D eigenvalue weighted by Crippen LogP contribution is -2.41. The summed E-state index contributed by atoms with van der Waals surface area (Å²) in [6.45, 7) is 5.77. The highest BCUT2D eigenvalue weighted by atomic mass is 32.2. The van der Waals surface area contributed by atoms with E-state index in [9.17, 15) is 13.2 Å². The number of carbonyl (C=O) groups excluding carboxylic acids is 1. The van der Waals surface area contributed by atoms with Gasteiger partial charge < -0.3 is 10.2 Å². The van der Waals surface area contributed by atoms with Crippen LogP contribution >= 0.6 is 11.3 Å². The molecule has 23 heavy (non-hydrogen) atoms. The third-order valence-corrected chi connectivity index (χ3v) is 7.12. The maximum Gasteiger partial charge on any atom is 0.252 e. The number of amides is 1. The fourth-order valence-electron chi connectivity index (χ4n) is 2.67. The molecule has 1 unspecified atom stereocenters. The molecule has 1 aromatic rings. The first-order chi connectivity index (χ1) is 10.9. The van der Waals surface area contributed by atoms with Gasteiger partial charge in [-0.05, 0) is 43.3 Å². The monoisotopic (exact) mass is 359 g/mol. The fourth-order valence-corrected chi connectivity index (χ4v) is 4.99. The van der Waals surface area contributed by atoms with Gasteiger partial charge in [0, 0.05) is 20.1 Å². The molecule has 0 aromatic carbocycles. The van der Waals surface area contributed by atoms with Gasteiger partial charge in [-0.25, -0.2) is 8.42 Å². The van der Waals surface area contributed by atoms with Crippen LogP contribution < -0.4 is 5.32 Å². The SMILES string of the molecule is CC(CNC(=O)CN(C)S(=O)(=O)c1cccs1)CN1CCCC1. The summed E-state index contributed by atoms with van der Waals surface area (Å²) >= 11 is 1.15. The summed E-state index contributed by atoms with van der Waals surface area (Å²) in [7, 11) is -2.13. The summed E-state index contributed by atoms with van der Waals surface area (Å²) in [6, 6.07) is 3.23. The summed E-state index contributed by atoms with van der Waals surface area (Å²) in [6.07, 6.45) is 2.51.